The molecule has 1 fully saturated rings. The van der Waals surface area contributed by atoms with Gasteiger partial charge >= 0.3 is 0 Å². The number of rotatable bonds is 2. The van der Waals surface area contributed by atoms with Crippen LogP contribution in [0.15, 0.2) is 17.4 Å². The molecule has 4 N–H and O–H groups in total. The van der Waals surface area contributed by atoms with Crippen molar-refractivity contribution in [1.82, 2.24) is 19.5 Å². The highest BCUT2D eigenvalue weighted by atomic mass is 16.6. The maximum atomic E-state index is 11.5. The van der Waals surface area contributed by atoms with E-state index in [-0.39, 0.29) is 11.2 Å². The van der Waals surface area contributed by atoms with Gasteiger partial charge in [-0.1, -0.05) is 0 Å². The molecule has 9 heteroatoms. The van der Waals surface area contributed by atoms with Crippen LogP contribution in [0.2, 0.25) is 0 Å². The molecular weight excluding hydrogens is 260 g/mol. The third-order valence-electron chi connectivity index (χ3n) is 3.16. The van der Waals surface area contributed by atoms with E-state index >= 15 is 0 Å². The monoisotopic (exact) mass is 272 g/mol. The zero-order valence-corrected chi connectivity index (χ0v) is 9.67. The summed E-state index contributed by atoms with van der Waals surface area (Å²) in [5.74, 6) is 0. The van der Waals surface area contributed by atoms with E-state index in [0.29, 0.717) is 0 Å². The number of aliphatic hydroxyl groups is 3. The molecule has 0 radical (unpaired) electrons. The van der Waals surface area contributed by atoms with Gasteiger partial charge in [-0.25, -0.2) is 9.97 Å². The molecular formula is C10H12N4O5. The summed E-state index contributed by atoms with van der Waals surface area (Å²) in [5, 5.41) is 28.6. The third kappa shape index (κ3) is 1.75. The summed E-state index contributed by atoms with van der Waals surface area (Å²) in [5.41, 5.74) is -0.0608. The Kier molecular flexibility index (Phi) is 2.82. The molecule has 0 unspecified atom stereocenters. The third-order valence-corrected chi connectivity index (χ3v) is 3.16. The first-order valence-corrected chi connectivity index (χ1v) is 5.66. The summed E-state index contributed by atoms with van der Waals surface area (Å²) in [7, 11) is 0. The average molecular weight is 272 g/mol. The highest BCUT2D eigenvalue weighted by Crippen LogP contribution is 2.30. The van der Waals surface area contributed by atoms with Crippen LogP contribution in [0.3, 0.4) is 0 Å². The van der Waals surface area contributed by atoms with Crippen LogP contribution >= 0.6 is 0 Å². The summed E-state index contributed by atoms with van der Waals surface area (Å²) in [6, 6.07) is 0. The maximum absolute atomic E-state index is 11.5. The SMILES string of the molecule is O=c1[15nH]c[15n]c2c1[15n]c[15n]2[C@@H]1O[C@H](CO)[C@@H](O)[C@H]1O. The number of H-pyrrole nitrogens is 1. The largest absolute Gasteiger partial charge is 0.394 e. The molecule has 0 saturated carbocycles. The zero-order chi connectivity index (χ0) is 13.6. The molecule has 1 aliphatic rings. The molecule has 0 amide bonds. The molecule has 0 aromatic carbocycles. The minimum absolute atomic E-state index is 0.111. The van der Waals surface area contributed by atoms with E-state index in [0.717, 1.165) is 0 Å². The number of imidazole rings is 1. The van der Waals surface area contributed by atoms with Crippen molar-refractivity contribution in [3.8, 4) is 0 Å². The quantitative estimate of drug-likeness (QED) is 0.484. The van der Waals surface area contributed by atoms with Gasteiger partial charge in [-0.15, -0.1) is 0 Å². The predicted molar refractivity (Wildman–Crippen MR) is 61.2 cm³/mol. The number of aromatic amines is 1. The molecule has 3 heterocycles. The van der Waals surface area contributed by atoms with Gasteiger partial charge in [-0.3, -0.25) is 9.36 Å². The van der Waals surface area contributed by atoms with Crippen molar-refractivity contribution in [2.24, 2.45) is 0 Å². The minimum atomic E-state index is -1.24. The number of ether oxygens (including phenoxy) is 1. The van der Waals surface area contributed by atoms with Crippen LogP contribution < -0.4 is 5.56 Å². The second-order valence-corrected chi connectivity index (χ2v) is 4.28. The molecule has 2 aromatic heterocycles. The Hall–Kier alpha value is -1.81. The number of hydrogen-bond donors (Lipinski definition) is 4. The molecule has 0 bridgehead atoms. The fourth-order valence-electron chi connectivity index (χ4n) is 2.16. The summed E-state index contributed by atoms with van der Waals surface area (Å²) >= 11 is 0. The Bertz CT molecular complexity index is 653. The first-order chi connectivity index (χ1) is 9.13. The van der Waals surface area contributed by atoms with E-state index in [1.807, 2.05) is 0 Å². The first kappa shape index (κ1) is 12.2. The molecule has 4 atom stereocenters. The molecule has 1 aliphatic heterocycles. The molecule has 1 saturated heterocycles. The Labute approximate surface area is 106 Å². The van der Waals surface area contributed by atoms with Crippen molar-refractivity contribution >= 4 is 11.2 Å². The first-order valence-electron chi connectivity index (χ1n) is 5.66. The molecule has 0 aliphatic carbocycles. The van der Waals surface area contributed by atoms with Crippen LogP contribution in [0.25, 0.3) is 11.2 Å². The molecule has 3 rings (SSSR count). The lowest BCUT2D eigenvalue weighted by Gasteiger charge is -2.16. The summed E-state index contributed by atoms with van der Waals surface area (Å²) in [6.07, 6.45) is -1.78. The Balaban J connectivity index is 2.06. The molecule has 0 spiro atoms. The van der Waals surface area contributed by atoms with E-state index in [1.165, 1.54) is 17.2 Å². The topological polar surface area (TPSA) is 133 Å². The van der Waals surface area contributed by atoms with Crippen LogP contribution in [0.4, 0.5) is 0 Å². The smallest absolute Gasteiger partial charge is 0.278 e. The number of hydrogen-bond acceptors (Lipinski definition) is 7. The summed E-state index contributed by atoms with van der Waals surface area (Å²) < 4.78 is 6.70. The lowest BCUT2D eigenvalue weighted by Crippen LogP contribution is -2.33. The van der Waals surface area contributed by atoms with E-state index in [4.69, 9.17) is 9.84 Å². The van der Waals surface area contributed by atoms with Gasteiger partial charge in [0.1, 0.15) is 18.3 Å². The van der Waals surface area contributed by atoms with Crippen molar-refractivity contribution < 1.29 is 20.1 Å². The fourth-order valence-corrected chi connectivity index (χ4v) is 2.16. The molecule has 102 valence electrons. The van der Waals surface area contributed by atoms with E-state index in [9.17, 15) is 15.0 Å². The van der Waals surface area contributed by atoms with Crippen LogP contribution in [0.1, 0.15) is 6.23 Å². The van der Waals surface area contributed by atoms with Crippen LogP contribution in [-0.4, -0.2) is 59.8 Å². The Morgan fingerprint density at radius 1 is 1.37 bits per heavy atom. The lowest BCUT2D eigenvalue weighted by atomic mass is 10.1. The minimum Gasteiger partial charge on any atom is -0.394 e. The second kappa shape index (κ2) is 4.38. The molecule has 19 heavy (non-hydrogen) atoms. The van der Waals surface area contributed by atoms with E-state index in [2.05, 4.69) is 15.0 Å². The van der Waals surface area contributed by atoms with Crippen molar-refractivity contribution in [1.29, 1.82) is 0 Å². The number of nitrogens with one attached hydrogen (secondary N) is 1. The predicted octanol–water partition coefficient (Wildman–Crippen LogP) is -2.27. The van der Waals surface area contributed by atoms with Crippen LogP contribution in [0, 0.1) is 0 Å². The van der Waals surface area contributed by atoms with Crippen molar-refractivity contribution in [2.75, 3.05) is 6.61 Å². The van der Waals surface area contributed by atoms with Gasteiger partial charge in [0.05, 0.1) is 19.3 Å². The van der Waals surface area contributed by atoms with E-state index in [1.54, 1.807) is 0 Å². The fraction of sp³-hybridized carbons (Fsp3) is 0.500. The number of aliphatic hydroxyl groups excluding tert-OH is 3. The summed E-state index contributed by atoms with van der Waals surface area (Å²) in [6.45, 7) is -0.421. The van der Waals surface area contributed by atoms with Gasteiger partial charge in [0.25, 0.3) is 5.56 Å². The maximum Gasteiger partial charge on any atom is 0.278 e. The number of aromatic nitrogens is 4. The molecule has 9 nitrogen and oxygen atoms in total. The van der Waals surface area contributed by atoms with Gasteiger partial charge in [0, 0.05) is 0 Å². The van der Waals surface area contributed by atoms with Crippen LogP contribution in [-0.2, 0) is 4.74 Å². The Morgan fingerprint density at radius 2 is 2.16 bits per heavy atom. The van der Waals surface area contributed by atoms with Gasteiger partial charge < -0.3 is 25.0 Å². The van der Waals surface area contributed by atoms with Gasteiger partial charge in [0.15, 0.2) is 17.4 Å². The highest BCUT2D eigenvalue weighted by molar-refractivity contribution is 5.68. The van der Waals surface area contributed by atoms with Crippen LogP contribution in [0.5, 0.6) is 0 Å². The lowest BCUT2D eigenvalue weighted by molar-refractivity contribution is -0.0511. The van der Waals surface area contributed by atoms with Gasteiger partial charge in [-0.2, -0.15) is 0 Å². The normalized spacial score (nSPS) is 31.1. The van der Waals surface area contributed by atoms with Crippen molar-refractivity contribution in [3.63, 3.8) is 0 Å². The van der Waals surface area contributed by atoms with Gasteiger partial charge in [0.2, 0.25) is 0 Å². The summed E-state index contributed by atoms with van der Waals surface area (Å²) in [4.78, 5) is 21.8. The van der Waals surface area contributed by atoms with E-state index < -0.39 is 36.7 Å². The van der Waals surface area contributed by atoms with Crippen molar-refractivity contribution in [3.05, 3.63) is 23.0 Å². The van der Waals surface area contributed by atoms with Crippen molar-refractivity contribution in [2.45, 2.75) is 24.5 Å². The molecule has 2 aromatic rings. The standard InChI is InChI=1S/C10H12N4O5/c15-1-4-6(16)7(17)10(19-4)14-3-13-5-8(14)11-2-12-9(5)18/h2-4,6-7,10,15-17H,1H2,(H,11,12,18)/t4-,6-,7-,10-/m1/s1/i11+1,12+1,13+1,14+1. The Morgan fingerprint density at radius 3 is 2.84 bits per heavy atom. The highest BCUT2D eigenvalue weighted by Gasteiger charge is 2.43. The zero-order valence-electron chi connectivity index (χ0n) is 9.67. The average Bonchev–Trinajstić information content (AvgIpc) is 2.94. The van der Waals surface area contributed by atoms with Gasteiger partial charge in [-0.05, 0) is 0 Å². The number of fused-ring (bicyclic) bond motifs is 1. The second-order valence-electron chi connectivity index (χ2n) is 4.28. The number of nitrogens with zero attached hydrogens (tertiary/aromatic N) is 3.